The van der Waals surface area contributed by atoms with Crippen LogP contribution in [0.15, 0.2) is 76.1 Å². The summed E-state index contributed by atoms with van der Waals surface area (Å²) in [6.07, 6.45) is 0.399. The van der Waals surface area contributed by atoms with Crippen LogP contribution < -0.4 is 11.3 Å². The van der Waals surface area contributed by atoms with E-state index in [0.29, 0.717) is 11.3 Å². The SMILES string of the molecule is NC(=O)[C@H](OC(=O)c1ccc(Cn2ccccc2=O)o1)c1ccccc1. The maximum atomic E-state index is 12.3. The number of nitrogens with zero attached hydrogens (tertiary/aromatic N) is 1. The van der Waals surface area contributed by atoms with Crippen LogP contribution in [0.3, 0.4) is 0 Å². The lowest BCUT2D eigenvalue weighted by Gasteiger charge is -2.14. The number of ether oxygens (including phenoxy) is 1. The molecule has 0 aliphatic heterocycles. The number of amides is 1. The van der Waals surface area contributed by atoms with E-state index in [9.17, 15) is 14.4 Å². The van der Waals surface area contributed by atoms with Crippen LogP contribution in [-0.4, -0.2) is 16.4 Å². The lowest BCUT2D eigenvalue weighted by atomic mass is 10.1. The quantitative estimate of drug-likeness (QED) is 0.682. The van der Waals surface area contributed by atoms with Crippen molar-refractivity contribution >= 4 is 11.9 Å². The molecule has 0 spiro atoms. The first-order valence-corrected chi connectivity index (χ1v) is 7.84. The van der Waals surface area contributed by atoms with Crippen LogP contribution in [0.2, 0.25) is 0 Å². The zero-order valence-electron chi connectivity index (χ0n) is 13.7. The number of benzene rings is 1. The first-order chi connectivity index (χ1) is 12.5. The smallest absolute Gasteiger partial charge is 0.375 e. The molecule has 0 saturated carbocycles. The summed E-state index contributed by atoms with van der Waals surface area (Å²) >= 11 is 0. The number of pyridine rings is 1. The Morgan fingerprint density at radius 2 is 1.77 bits per heavy atom. The summed E-state index contributed by atoms with van der Waals surface area (Å²) < 4.78 is 12.1. The number of esters is 1. The topological polar surface area (TPSA) is 105 Å². The summed E-state index contributed by atoms with van der Waals surface area (Å²) in [6.45, 7) is 0.172. The molecule has 1 aromatic carbocycles. The molecule has 0 aliphatic rings. The Labute approximate surface area is 148 Å². The molecule has 3 rings (SSSR count). The largest absolute Gasteiger partial charge is 0.452 e. The normalized spacial score (nSPS) is 11.7. The molecule has 1 atom stereocenters. The number of rotatable bonds is 6. The number of carbonyl (C=O) groups excluding carboxylic acids is 2. The molecule has 3 aromatic rings. The molecule has 2 heterocycles. The standard InChI is InChI=1S/C19H16N2O5/c20-18(23)17(13-6-2-1-3-7-13)26-19(24)15-10-9-14(25-15)12-21-11-5-4-8-16(21)22/h1-11,17H,12H2,(H2,20,23)/t17-/m1/s1. The van der Waals surface area contributed by atoms with Gasteiger partial charge in [0.25, 0.3) is 11.5 Å². The zero-order chi connectivity index (χ0) is 18.5. The summed E-state index contributed by atoms with van der Waals surface area (Å²) in [4.78, 5) is 35.6. The summed E-state index contributed by atoms with van der Waals surface area (Å²) in [5.74, 6) is -1.27. The molecule has 0 bridgehead atoms. The Morgan fingerprint density at radius 1 is 1.04 bits per heavy atom. The van der Waals surface area contributed by atoms with Crippen LogP contribution in [0.25, 0.3) is 0 Å². The van der Waals surface area contributed by atoms with Gasteiger partial charge in [-0.1, -0.05) is 36.4 Å². The molecule has 0 unspecified atom stereocenters. The maximum Gasteiger partial charge on any atom is 0.375 e. The predicted octanol–water partition coefficient (Wildman–Crippen LogP) is 1.87. The van der Waals surface area contributed by atoms with E-state index in [4.69, 9.17) is 14.9 Å². The van der Waals surface area contributed by atoms with Gasteiger partial charge in [0, 0.05) is 17.8 Å². The fourth-order valence-electron chi connectivity index (χ4n) is 2.42. The molecule has 132 valence electrons. The van der Waals surface area contributed by atoms with Gasteiger partial charge in [-0.05, 0) is 18.2 Å². The summed E-state index contributed by atoms with van der Waals surface area (Å²) in [6, 6.07) is 16.2. The van der Waals surface area contributed by atoms with Crippen molar-refractivity contribution in [2.75, 3.05) is 0 Å². The number of aromatic nitrogens is 1. The first-order valence-electron chi connectivity index (χ1n) is 7.84. The van der Waals surface area contributed by atoms with E-state index in [-0.39, 0.29) is 17.9 Å². The van der Waals surface area contributed by atoms with Gasteiger partial charge < -0.3 is 19.5 Å². The minimum atomic E-state index is -1.21. The summed E-state index contributed by atoms with van der Waals surface area (Å²) in [7, 11) is 0. The van der Waals surface area contributed by atoms with Gasteiger partial charge in [0.05, 0.1) is 6.54 Å². The molecule has 7 nitrogen and oxygen atoms in total. The van der Waals surface area contributed by atoms with Crippen molar-refractivity contribution in [3.8, 4) is 0 Å². The van der Waals surface area contributed by atoms with Crippen molar-refractivity contribution in [3.05, 3.63) is 94.3 Å². The minimum Gasteiger partial charge on any atom is -0.452 e. The molecular formula is C19H16N2O5. The molecular weight excluding hydrogens is 336 g/mol. The Hall–Kier alpha value is -3.61. The van der Waals surface area contributed by atoms with E-state index >= 15 is 0 Å². The number of furan rings is 1. The Bertz CT molecular complexity index is 975. The second-order valence-electron chi connectivity index (χ2n) is 5.53. The van der Waals surface area contributed by atoms with Crippen LogP contribution >= 0.6 is 0 Å². The number of primary amides is 1. The van der Waals surface area contributed by atoms with E-state index in [0.717, 1.165) is 0 Å². The van der Waals surface area contributed by atoms with Crippen molar-refractivity contribution in [2.45, 2.75) is 12.6 Å². The van der Waals surface area contributed by atoms with Gasteiger partial charge in [0.1, 0.15) is 5.76 Å². The van der Waals surface area contributed by atoms with E-state index in [1.54, 1.807) is 54.7 Å². The van der Waals surface area contributed by atoms with E-state index < -0.39 is 18.0 Å². The fraction of sp³-hybridized carbons (Fsp3) is 0.105. The predicted molar refractivity (Wildman–Crippen MR) is 92.3 cm³/mol. The maximum absolute atomic E-state index is 12.3. The third kappa shape index (κ3) is 3.89. The lowest BCUT2D eigenvalue weighted by molar-refractivity contribution is -0.127. The van der Waals surface area contributed by atoms with Crippen LogP contribution in [0.1, 0.15) is 28.0 Å². The molecule has 0 saturated heterocycles. The molecule has 0 fully saturated rings. The minimum absolute atomic E-state index is 0.0776. The van der Waals surface area contributed by atoms with Gasteiger partial charge in [-0.2, -0.15) is 0 Å². The molecule has 2 N–H and O–H groups in total. The molecule has 0 aliphatic carbocycles. The van der Waals surface area contributed by atoms with Crippen molar-refractivity contribution in [1.29, 1.82) is 0 Å². The Kier molecular flexibility index (Phi) is 4.98. The highest BCUT2D eigenvalue weighted by Crippen LogP contribution is 2.20. The third-order valence-electron chi connectivity index (χ3n) is 3.67. The number of hydrogen-bond acceptors (Lipinski definition) is 5. The van der Waals surface area contributed by atoms with Crippen LogP contribution in [0.4, 0.5) is 0 Å². The van der Waals surface area contributed by atoms with E-state index in [1.165, 1.54) is 16.7 Å². The monoisotopic (exact) mass is 352 g/mol. The fourth-order valence-corrected chi connectivity index (χ4v) is 2.42. The van der Waals surface area contributed by atoms with Crippen molar-refractivity contribution in [3.63, 3.8) is 0 Å². The summed E-state index contributed by atoms with van der Waals surface area (Å²) in [5.41, 5.74) is 5.61. The second kappa shape index (κ2) is 7.52. The third-order valence-corrected chi connectivity index (χ3v) is 3.67. The van der Waals surface area contributed by atoms with Crippen molar-refractivity contribution < 1.29 is 18.7 Å². The molecule has 7 heteroatoms. The Morgan fingerprint density at radius 3 is 2.46 bits per heavy atom. The van der Waals surface area contributed by atoms with Crippen molar-refractivity contribution in [2.24, 2.45) is 5.73 Å². The number of carbonyl (C=O) groups is 2. The van der Waals surface area contributed by atoms with E-state index in [2.05, 4.69) is 0 Å². The molecule has 26 heavy (non-hydrogen) atoms. The highest BCUT2D eigenvalue weighted by atomic mass is 16.6. The molecule has 2 aromatic heterocycles. The van der Waals surface area contributed by atoms with Gasteiger partial charge in [-0.15, -0.1) is 0 Å². The molecule has 1 amide bonds. The van der Waals surface area contributed by atoms with Gasteiger partial charge in [0.15, 0.2) is 0 Å². The highest BCUT2D eigenvalue weighted by Gasteiger charge is 2.24. The summed E-state index contributed by atoms with van der Waals surface area (Å²) in [5, 5.41) is 0. The average Bonchev–Trinajstić information content (AvgIpc) is 3.10. The zero-order valence-corrected chi connectivity index (χ0v) is 13.7. The van der Waals surface area contributed by atoms with Gasteiger partial charge in [-0.3, -0.25) is 9.59 Å². The highest BCUT2D eigenvalue weighted by molar-refractivity contribution is 5.90. The van der Waals surface area contributed by atoms with Gasteiger partial charge >= 0.3 is 5.97 Å². The van der Waals surface area contributed by atoms with Crippen LogP contribution in [0, 0.1) is 0 Å². The average molecular weight is 352 g/mol. The lowest BCUT2D eigenvalue weighted by Crippen LogP contribution is -2.26. The van der Waals surface area contributed by atoms with E-state index in [1.807, 2.05) is 0 Å². The Balaban J connectivity index is 1.74. The van der Waals surface area contributed by atoms with Crippen LogP contribution in [0.5, 0.6) is 0 Å². The number of nitrogens with two attached hydrogens (primary N) is 1. The van der Waals surface area contributed by atoms with Crippen molar-refractivity contribution in [1.82, 2.24) is 4.57 Å². The van der Waals surface area contributed by atoms with Gasteiger partial charge in [-0.25, -0.2) is 4.79 Å². The molecule has 0 radical (unpaired) electrons. The van der Waals surface area contributed by atoms with Crippen LogP contribution in [-0.2, 0) is 16.1 Å². The number of hydrogen-bond donors (Lipinski definition) is 1. The van der Waals surface area contributed by atoms with Gasteiger partial charge in [0.2, 0.25) is 11.9 Å². The first kappa shape index (κ1) is 17.2. The second-order valence-corrected chi connectivity index (χ2v) is 5.53.